The first-order chi connectivity index (χ1) is 17.8. The van der Waals surface area contributed by atoms with Crippen molar-refractivity contribution >= 4 is 39.6 Å². The van der Waals surface area contributed by atoms with Crippen molar-refractivity contribution in [1.29, 1.82) is 0 Å². The van der Waals surface area contributed by atoms with E-state index >= 15 is 0 Å². The summed E-state index contributed by atoms with van der Waals surface area (Å²) < 4.78 is 36.5. The zero-order valence-electron chi connectivity index (χ0n) is 19.9. The van der Waals surface area contributed by atoms with E-state index in [2.05, 4.69) is 31.1 Å². The fourth-order valence-electron chi connectivity index (χ4n) is 3.30. The number of ether oxygens (including phenoxy) is 2. The summed E-state index contributed by atoms with van der Waals surface area (Å²) in [6.07, 6.45) is 3.54. The number of carbonyl (C=O) groups is 2. The molecule has 3 aromatic carbocycles. The predicted octanol–water partition coefficient (Wildman–Crippen LogP) is 6.20. The maximum atomic E-state index is 12.8. The lowest BCUT2D eigenvalue weighted by molar-refractivity contribution is -0.0515. The van der Waals surface area contributed by atoms with E-state index < -0.39 is 6.61 Å². The minimum Gasteiger partial charge on any atom is -0.489 e. The first-order valence-corrected chi connectivity index (χ1v) is 12.3. The summed E-state index contributed by atoms with van der Waals surface area (Å²) in [5.41, 5.74) is 1.97. The maximum absolute atomic E-state index is 12.8. The molecule has 1 aliphatic rings. The highest BCUT2D eigenvalue weighted by Gasteiger charge is 2.23. The predicted molar refractivity (Wildman–Crippen MR) is 140 cm³/mol. The van der Waals surface area contributed by atoms with Gasteiger partial charge >= 0.3 is 6.61 Å². The van der Waals surface area contributed by atoms with Crippen LogP contribution in [-0.2, 0) is 0 Å². The SMILES string of the molecule is CN(N=Cc1ccc(OC(F)F)c(OCC2CC2)c1)C(=O)c1ccc(NC(=O)c2ccc(Br)cc2)cc1. The average molecular weight is 572 g/mol. The molecule has 1 fully saturated rings. The average Bonchev–Trinajstić information content (AvgIpc) is 3.72. The molecule has 2 amide bonds. The molecule has 0 atom stereocenters. The van der Waals surface area contributed by atoms with Gasteiger partial charge in [0.25, 0.3) is 11.8 Å². The van der Waals surface area contributed by atoms with Crippen LogP contribution in [0.25, 0.3) is 0 Å². The molecule has 1 N–H and O–H groups in total. The number of hydrogen-bond donors (Lipinski definition) is 1. The molecule has 0 saturated heterocycles. The lowest BCUT2D eigenvalue weighted by atomic mass is 10.1. The second-order valence-electron chi connectivity index (χ2n) is 8.45. The monoisotopic (exact) mass is 571 g/mol. The summed E-state index contributed by atoms with van der Waals surface area (Å²) in [5.74, 6) is -0.0555. The highest BCUT2D eigenvalue weighted by Crippen LogP contribution is 2.34. The highest BCUT2D eigenvalue weighted by atomic mass is 79.9. The minimum absolute atomic E-state index is 0.0513. The number of halogens is 3. The smallest absolute Gasteiger partial charge is 0.387 e. The molecule has 0 spiro atoms. The number of alkyl halides is 2. The Hall–Kier alpha value is -3.79. The summed E-state index contributed by atoms with van der Waals surface area (Å²) in [7, 11) is 1.50. The second kappa shape index (κ2) is 12.0. The van der Waals surface area contributed by atoms with Crippen molar-refractivity contribution in [2.45, 2.75) is 19.5 Å². The Morgan fingerprint density at radius 3 is 2.38 bits per heavy atom. The summed E-state index contributed by atoms with van der Waals surface area (Å²) in [6.45, 7) is -2.54. The van der Waals surface area contributed by atoms with Gasteiger partial charge in [0.2, 0.25) is 0 Å². The standard InChI is InChI=1S/C27H24BrF2N3O4/c1-33(31-15-18-4-13-23(37-27(29)30)24(14-18)36-16-17-2-3-17)26(35)20-7-11-22(12-8-20)32-25(34)19-5-9-21(28)10-6-19/h4-15,17,27H,2-3,16H2,1H3,(H,32,34). The summed E-state index contributed by atoms with van der Waals surface area (Å²) in [6, 6.07) is 17.9. The normalized spacial score (nSPS) is 13.0. The summed E-state index contributed by atoms with van der Waals surface area (Å²) in [5, 5.41) is 8.11. The minimum atomic E-state index is -2.97. The first-order valence-electron chi connectivity index (χ1n) is 11.5. The number of hydrogen-bond acceptors (Lipinski definition) is 5. The van der Waals surface area contributed by atoms with Crippen LogP contribution in [0.4, 0.5) is 14.5 Å². The molecular formula is C27H24BrF2N3O4. The second-order valence-corrected chi connectivity index (χ2v) is 9.37. The van der Waals surface area contributed by atoms with Gasteiger partial charge in [0.15, 0.2) is 11.5 Å². The van der Waals surface area contributed by atoms with E-state index in [1.54, 1.807) is 60.7 Å². The molecular weight excluding hydrogens is 548 g/mol. The number of benzene rings is 3. The van der Waals surface area contributed by atoms with Crippen LogP contribution in [0.5, 0.6) is 11.5 Å². The Morgan fingerprint density at radius 1 is 1.05 bits per heavy atom. The molecule has 1 aliphatic carbocycles. The number of nitrogens with zero attached hydrogens (tertiary/aromatic N) is 2. The van der Waals surface area contributed by atoms with Crippen molar-refractivity contribution in [2.75, 3.05) is 19.0 Å². The van der Waals surface area contributed by atoms with Crippen molar-refractivity contribution in [2.24, 2.45) is 11.0 Å². The van der Waals surface area contributed by atoms with E-state index in [1.165, 1.54) is 19.3 Å². The third-order valence-electron chi connectivity index (χ3n) is 5.53. The van der Waals surface area contributed by atoms with Crippen LogP contribution < -0.4 is 14.8 Å². The van der Waals surface area contributed by atoms with Gasteiger partial charge in [0.1, 0.15) is 0 Å². The van der Waals surface area contributed by atoms with Crippen molar-refractivity contribution < 1.29 is 27.8 Å². The van der Waals surface area contributed by atoms with Crippen molar-refractivity contribution in [1.82, 2.24) is 5.01 Å². The van der Waals surface area contributed by atoms with E-state index in [1.807, 2.05) is 0 Å². The molecule has 37 heavy (non-hydrogen) atoms. The van der Waals surface area contributed by atoms with Crippen molar-refractivity contribution in [3.05, 3.63) is 87.9 Å². The van der Waals surface area contributed by atoms with Crippen LogP contribution in [0.2, 0.25) is 0 Å². The van der Waals surface area contributed by atoms with Gasteiger partial charge in [-0.05, 0) is 91.1 Å². The van der Waals surface area contributed by atoms with Gasteiger partial charge in [-0.3, -0.25) is 9.59 Å². The van der Waals surface area contributed by atoms with Gasteiger partial charge in [-0.15, -0.1) is 0 Å². The van der Waals surface area contributed by atoms with Crippen LogP contribution in [0.1, 0.15) is 39.1 Å². The summed E-state index contributed by atoms with van der Waals surface area (Å²) >= 11 is 3.33. The topological polar surface area (TPSA) is 80.2 Å². The highest BCUT2D eigenvalue weighted by molar-refractivity contribution is 9.10. The molecule has 0 bridgehead atoms. The van der Waals surface area contributed by atoms with E-state index in [0.717, 1.165) is 22.3 Å². The first kappa shape index (κ1) is 26.3. The molecule has 3 aromatic rings. The lowest BCUT2D eigenvalue weighted by Crippen LogP contribution is -2.21. The molecule has 0 heterocycles. The van der Waals surface area contributed by atoms with Gasteiger partial charge in [-0.1, -0.05) is 15.9 Å². The third-order valence-corrected chi connectivity index (χ3v) is 6.05. The molecule has 0 radical (unpaired) electrons. The largest absolute Gasteiger partial charge is 0.489 e. The molecule has 0 unspecified atom stereocenters. The fourth-order valence-corrected chi connectivity index (χ4v) is 3.56. The molecule has 0 aliphatic heterocycles. The van der Waals surface area contributed by atoms with Crippen molar-refractivity contribution in [3.63, 3.8) is 0 Å². The Bertz CT molecular complexity index is 1280. The quantitative estimate of drug-likeness (QED) is 0.232. The molecule has 4 rings (SSSR count). The Morgan fingerprint density at radius 2 is 1.73 bits per heavy atom. The molecule has 0 aromatic heterocycles. The van der Waals surface area contributed by atoms with Crippen LogP contribution in [0.3, 0.4) is 0 Å². The van der Waals surface area contributed by atoms with Crippen LogP contribution in [-0.4, -0.2) is 43.3 Å². The van der Waals surface area contributed by atoms with Gasteiger partial charge < -0.3 is 14.8 Å². The fraction of sp³-hybridized carbons (Fsp3) is 0.222. The van der Waals surface area contributed by atoms with E-state index in [0.29, 0.717) is 34.9 Å². The van der Waals surface area contributed by atoms with Crippen LogP contribution >= 0.6 is 15.9 Å². The summed E-state index contributed by atoms with van der Waals surface area (Å²) in [4.78, 5) is 25.1. The van der Waals surface area contributed by atoms with Gasteiger partial charge in [-0.25, -0.2) is 5.01 Å². The van der Waals surface area contributed by atoms with Gasteiger partial charge in [0, 0.05) is 28.3 Å². The molecule has 10 heteroatoms. The number of amides is 2. The van der Waals surface area contributed by atoms with Gasteiger partial charge in [-0.2, -0.15) is 13.9 Å². The third kappa shape index (κ3) is 7.60. The molecule has 1 saturated carbocycles. The van der Waals surface area contributed by atoms with Crippen LogP contribution in [0, 0.1) is 5.92 Å². The number of anilines is 1. The Labute approximate surface area is 221 Å². The zero-order chi connectivity index (χ0) is 26.4. The van der Waals surface area contributed by atoms with Crippen LogP contribution in [0.15, 0.2) is 76.3 Å². The zero-order valence-corrected chi connectivity index (χ0v) is 21.5. The maximum Gasteiger partial charge on any atom is 0.387 e. The number of hydrazone groups is 1. The van der Waals surface area contributed by atoms with E-state index in [4.69, 9.17) is 4.74 Å². The van der Waals surface area contributed by atoms with Gasteiger partial charge in [0.05, 0.1) is 12.8 Å². The van der Waals surface area contributed by atoms with E-state index in [9.17, 15) is 18.4 Å². The molecule has 7 nitrogen and oxygen atoms in total. The Balaban J connectivity index is 1.38. The number of carbonyl (C=O) groups excluding carboxylic acids is 2. The lowest BCUT2D eigenvalue weighted by Gasteiger charge is -2.14. The molecule has 192 valence electrons. The Kier molecular flexibility index (Phi) is 8.50. The van der Waals surface area contributed by atoms with E-state index in [-0.39, 0.29) is 23.3 Å². The number of nitrogens with one attached hydrogen (secondary N) is 1. The number of rotatable bonds is 10. The van der Waals surface area contributed by atoms with Crippen molar-refractivity contribution in [3.8, 4) is 11.5 Å².